The van der Waals surface area contributed by atoms with Gasteiger partial charge in [-0.2, -0.15) is 0 Å². The van der Waals surface area contributed by atoms with Crippen LogP contribution in [0.15, 0.2) is 0 Å². The molecular weight excluding hydrogens is 248 g/mol. The standard InChI is InChI=1S/C13H26N2O4/c1-7-15(8-2)12(17)18-10-9-14(6)11(16)19-13(3,4)5/h7-10H2,1-6H3. The molecule has 0 aromatic rings. The van der Waals surface area contributed by atoms with E-state index in [1.807, 2.05) is 13.8 Å². The van der Waals surface area contributed by atoms with Gasteiger partial charge in [0.2, 0.25) is 0 Å². The van der Waals surface area contributed by atoms with Crippen LogP contribution in [-0.4, -0.2) is 60.9 Å². The average molecular weight is 274 g/mol. The fourth-order valence-electron chi connectivity index (χ4n) is 1.27. The molecule has 19 heavy (non-hydrogen) atoms. The predicted molar refractivity (Wildman–Crippen MR) is 73.1 cm³/mol. The first kappa shape index (κ1) is 17.5. The molecule has 6 heteroatoms. The van der Waals surface area contributed by atoms with Crippen LogP contribution in [-0.2, 0) is 9.47 Å². The first-order chi connectivity index (χ1) is 8.71. The molecule has 0 N–H and O–H groups in total. The largest absolute Gasteiger partial charge is 0.448 e. The minimum atomic E-state index is -0.525. The summed E-state index contributed by atoms with van der Waals surface area (Å²) in [5, 5.41) is 0. The number of amides is 2. The third-order valence-electron chi connectivity index (χ3n) is 2.38. The molecule has 0 aromatic carbocycles. The zero-order valence-electron chi connectivity index (χ0n) is 12.9. The summed E-state index contributed by atoms with van der Waals surface area (Å²) in [4.78, 5) is 26.2. The third-order valence-corrected chi connectivity index (χ3v) is 2.38. The average Bonchev–Trinajstić information content (AvgIpc) is 2.28. The van der Waals surface area contributed by atoms with Crippen molar-refractivity contribution in [3.8, 4) is 0 Å². The van der Waals surface area contributed by atoms with E-state index in [2.05, 4.69) is 0 Å². The Bertz CT molecular complexity index is 296. The maximum Gasteiger partial charge on any atom is 0.410 e. The highest BCUT2D eigenvalue weighted by Gasteiger charge is 2.19. The van der Waals surface area contributed by atoms with Crippen molar-refractivity contribution in [3.05, 3.63) is 0 Å². The van der Waals surface area contributed by atoms with Crippen molar-refractivity contribution in [1.82, 2.24) is 9.80 Å². The molecule has 2 amide bonds. The smallest absolute Gasteiger partial charge is 0.410 e. The quantitative estimate of drug-likeness (QED) is 0.772. The number of hydrogen-bond donors (Lipinski definition) is 0. The molecule has 0 fully saturated rings. The Balaban J connectivity index is 4.01. The van der Waals surface area contributed by atoms with E-state index >= 15 is 0 Å². The van der Waals surface area contributed by atoms with Crippen LogP contribution in [0.5, 0.6) is 0 Å². The maximum atomic E-state index is 11.6. The number of ether oxygens (including phenoxy) is 2. The molecule has 0 unspecified atom stereocenters. The Morgan fingerprint density at radius 2 is 1.58 bits per heavy atom. The van der Waals surface area contributed by atoms with Gasteiger partial charge in [0.15, 0.2) is 0 Å². The molecule has 0 heterocycles. The van der Waals surface area contributed by atoms with Gasteiger partial charge in [0.1, 0.15) is 12.2 Å². The van der Waals surface area contributed by atoms with Crippen LogP contribution in [0.4, 0.5) is 9.59 Å². The van der Waals surface area contributed by atoms with Crippen LogP contribution >= 0.6 is 0 Å². The van der Waals surface area contributed by atoms with Crippen LogP contribution in [0.1, 0.15) is 34.6 Å². The van der Waals surface area contributed by atoms with Gasteiger partial charge in [-0.25, -0.2) is 9.59 Å². The predicted octanol–water partition coefficient (Wildman–Crippen LogP) is 2.33. The third kappa shape index (κ3) is 7.54. The first-order valence-electron chi connectivity index (χ1n) is 6.57. The number of hydrogen-bond acceptors (Lipinski definition) is 4. The van der Waals surface area contributed by atoms with Gasteiger partial charge in [-0.3, -0.25) is 0 Å². The molecule has 6 nitrogen and oxygen atoms in total. The zero-order chi connectivity index (χ0) is 15.1. The Morgan fingerprint density at radius 3 is 2.00 bits per heavy atom. The highest BCUT2D eigenvalue weighted by Crippen LogP contribution is 2.08. The molecule has 0 spiro atoms. The van der Waals surface area contributed by atoms with Gasteiger partial charge in [0, 0.05) is 20.1 Å². The molecule has 0 saturated heterocycles. The van der Waals surface area contributed by atoms with Gasteiger partial charge < -0.3 is 19.3 Å². The van der Waals surface area contributed by atoms with E-state index in [1.165, 1.54) is 4.90 Å². The van der Waals surface area contributed by atoms with Gasteiger partial charge in [-0.1, -0.05) is 0 Å². The topological polar surface area (TPSA) is 59.1 Å². The second-order valence-corrected chi connectivity index (χ2v) is 5.19. The van der Waals surface area contributed by atoms with Gasteiger partial charge in [0.25, 0.3) is 0 Å². The molecule has 0 saturated carbocycles. The SMILES string of the molecule is CCN(CC)C(=O)OCCN(C)C(=O)OC(C)(C)C. The van der Waals surface area contributed by atoms with E-state index in [-0.39, 0.29) is 12.7 Å². The zero-order valence-corrected chi connectivity index (χ0v) is 12.9. The molecule has 0 aliphatic carbocycles. The van der Waals surface area contributed by atoms with Crippen molar-refractivity contribution in [3.63, 3.8) is 0 Å². The van der Waals surface area contributed by atoms with Gasteiger partial charge in [0.05, 0.1) is 6.54 Å². The van der Waals surface area contributed by atoms with Crippen molar-refractivity contribution in [1.29, 1.82) is 0 Å². The summed E-state index contributed by atoms with van der Waals surface area (Å²) in [6, 6.07) is 0. The molecule has 112 valence electrons. The summed E-state index contributed by atoms with van der Waals surface area (Å²) in [5.41, 5.74) is -0.525. The molecular formula is C13H26N2O4. The number of carbonyl (C=O) groups is 2. The summed E-state index contributed by atoms with van der Waals surface area (Å²) in [5.74, 6) is 0. The molecule has 0 radical (unpaired) electrons. The van der Waals surface area contributed by atoms with Gasteiger partial charge in [-0.15, -0.1) is 0 Å². The summed E-state index contributed by atoms with van der Waals surface area (Å²) in [6.45, 7) is 10.9. The summed E-state index contributed by atoms with van der Waals surface area (Å²) in [7, 11) is 1.61. The second kappa shape index (κ2) is 7.86. The van der Waals surface area contributed by atoms with Gasteiger partial charge in [-0.05, 0) is 34.6 Å². The number of rotatable bonds is 5. The van der Waals surface area contributed by atoms with E-state index in [9.17, 15) is 9.59 Å². The van der Waals surface area contributed by atoms with Crippen molar-refractivity contribution in [2.45, 2.75) is 40.2 Å². The van der Waals surface area contributed by atoms with Crippen molar-refractivity contribution in [2.24, 2.45) is 0 Å². The summed E-state index contributed by atoms with van der Waals surface area (Å²) >= 11 is 0. The van der Waals surface area contributed by atoms with Crippen molar-refractivity contribution in [2.75, 3.05) is 33.3 Å². The lowest BCUT2D eigenvalue weighted by atomic mass is 10.2. The number of carbonyl (C=O) groups excluding carboxylic acids is 2. The molecule has 0 rings (SSSR count). The normalized spacial score (nSPS) is 10.8. The molecule has 0 aromatic heterocycles. The van der Waals surface area contributed by atoms with E-state index in [0.29, 0.717) is 19.6 Å². The van der Waals surface area contributed by atoms with Crippen LogP contribution in [0.3, 0.4) is 0 Å². The lowest BCUT2D eigenvalue weighted by molar-refractivity contribution is 0.0248. The van der Waals surface area contributed by atoms with Crippen LogP contribution in [0, 0.1) is 0 Å². The fraction of sp³-hybridized carbons (Fsp3) is 0.846. The van der Waals surface area contributed by atoms with E-state index in [0.717, 1.165) is 0 Å². The van der Waals surface area contributed by atoms with E-state index < -0.39 is 11.7 Å². The Hall–Kier alpha value is -1.46. The molecule has 0 atom stereocenters. The maximum absolute atomic E-state index is 11.6. The van der Waals surface area contributed by atoms with E-state index in [4.69, 9.17) is 9.47 Å². The minimum Gasteiger partial charge on any atom is -0.448 e. The number of likely N-dealkylation sites (N-methyl/N-ethyl adjacent to an activating group) is 1. The molecule has 0 bridgehead atoms. The second-order valence-electron chi connectivity index (χ2n) is 5.19. The Kier molecular flexibility index (Phi) is 7.26. The Morgan fingerprint density at radius 1 is 1.05 bits per heavy atom. The monoisotopic (exact) mass is 274 g/mol. The van der Waals surface area contributed by atoms with E-state index in [1.54, 1.807) is 32.7 Å². The summed E-state index contributed by atoms with van der Waals surface area (Å²) < 4.78 is 10.3. The molecule has 0 aliphatic rings. The van der Waals surface area contributed by atoms with Crippen LogP contribution in [0.2, 0.25) is 0 Å². The Labute approximate surface area is 115 Å². The van der Waals surface area contributed by atoms with Crippen LogP contribution in [0.25, 0.3) is 0 Å². The molecule has 0 aliphatic heterocycles. The number of nitrogens with zero attached hydrogens (tertiary/aromatic N) is 2. The lowest BCUT2D eigenvalue weighted by Crippen LogP contribution is -2.37. The highest BCUT2D eigenvalue weighted by atomic mass is 16.6. The van der Waals surface area contributed by atoms with Gasteiger partial charge >= 0.3 is 12.2 Å². The fourth-order valence-corrected chi connectivity index (χ4v) is 1.27. The highest BCUT2D eigenvalue weighted by molar-refractivity contribution is 5.68. The van der Waals surface area contributed by atoms with Crippen LogP contribution < -0.4 is 0 Å². The minimum absolute atomic E-state index is 0.158. The van der Waals surface area contributed by atoms with Crippen molar-refractivity contribution >= 4 is 12.2 Å². The summed E-state index contributed by atoms with van der Waals surface area (Å²) in [6.07, 6.45) is -0.783. The first-order valence-corrected chi connectivity index (χ1v) is 6.57. The van der Waals surface area contributed by atoms with Crippen molar-refractivity contribution < 1.29 is 19.1 Å². The lowest BCUT2D eigenvalue weighted by Gasteiger charge is -2.25.